The van der Waals surface area contributed by atoms with Gasteiger partial charge in [0.25, 0.3) is 0 Å². The fourth-order valence-corrected chi connectivity index (χ4v) is 1.76. The first-order valence-corrected chi connectivity index (χ1v) is 5.69. The Bertz CT molecular complexity index is 185. The molecule has 0 aromatic rings. The van der Waals surface area contributed by atoms with Crippen molar-refractivity contribution in [3.63, 3.8) is 0 Å². The van der Waals surface area contributed by atoms with Crippen LogP contribution >= 0.6 is 11.6 Å². The van der Waals surface area contributed by atoms with Gasteiger partial charge in [-0.15, -0.1) is 11.6 Å². The number of methoxy groups -OCH3 is 1. The van der Waals surface area contributed by atoms with Crippen molar-refractivity contribution in [2.24, 2.45) is 0 Å². The summed E-state index contributed by atoms with van der Waals surface area (Å²) in [5.74, 6) is 0.763. The van der Waals surface area contributed by atoms with Crippen LogP contribution in [0.4, 0.5) is 0 Å². The second-order valence-corrected chi connectivity index (χ2v) is 4.05. The molecule has 1 N–H and O–H groups in total. The summed E-state index contributed by atoms with van der Waals surface area (Å²) in [4.78, 5) is 11.4. The van der Waals surface area contributed by atoms with E-state index in [0.29, 0.717) is 12.3 Å². The van der Waals surface area contributed by atoms with Crippen molar-refractivity contribution in [1.29, 1.82) is 0 Å². The van der Waals surface area contributed by atoms with Crippen molar-refractivity contribution in [1.82, 2.24) is 5.32 Å². The van der Waals surface area contributed by atoms with Crippen LogP contribution in [-0.2, 0) is 9.53 Å². The number of amides is 1. The minimum atomic E-state index is 0.127. The highest BCUT2D eigenvalue weighted by Crippen LogP contribution is 2.22. The standard InChI is InChI=1S/C10H18ClNO2/c1-14-9-6-5-8(9)12-10(13)4-2-3-7-11/h8-9H,2-7H2,1H3,(H,12,13). The van der Waals surface area contributed by atoms with Gasteiger partial charge in [-0.25, -0.2) is 0 Å². The maximum atomic E-state index is 11.4. The molecule has 2 unspecified atom stereocenters. The highest BCUT2D eigenvalue weighted by atomic mass is 35.5. The first-order chi connectivity index (χ1) is 6.77. The van der Waals surface area contributed by atoms with Crippen LogP contribution in [0.15, 0.2) is 0 Å². The molecule has 0 bridgehead atoms. The van der Waals surface area contributed by atoms with Gasteiger partial charge in [0.2, 0.25) is 5.91 Å². The van der Waals surface area contributed by atoms with Crippen LogP contribution < -0.4 is 5.32 Å². The molecule has 0 spiro atoms. The fourth-order valence-electron chi connectivity index (χ4n) is 1.58. The van der Waals surface area contributed by atoms with E-state index in [1.807, 2.05) is 0 Å². The van der Waals surface area contributed by atoms with Gasteiger partial charge < -0.3 is 10.1 Å². The molecular formula is C10H18ClNO2. The Morgan fingerprint density at radius 1 is 1.50 bits per heavy atom. The number of unbranched alkanes of at least 4 members (excludes halogenated alkanes) is 1. The molecule has 82 valence electrons. The lowest BCUT2D eigenvalue weighted by Crippen LogP contribution is -2.51. The average Bonchev–Trinajstić information content (AvgIpc) is 2.14. The van der Waals surface area contributed by atoms with E-state index >= 15 is 0 Å². The molecule has 0 aromatic carbocycles. The molecule has 0 saturated heterocycles. The molecule has 0 aromatic heterocycles. The molecule has 1 aliphatic rings. The number of hydrogen-bond donors (Lipinski definition) is 1. The van der Waals surface area contributed by atoms with Gasteiger partial charge in [0, 0.05) is 19.4 Å². The van der Waals surface area contributed by atoms with Gasteiger partial charge in [-0.2, -0.15) is 0 Å². The topological polar surface area (TPSA) is 38.3 Å². The van der Waals surface area contributed by atoms with Crippen molar-refractivity contribution in [2.75, 3.05) is 13.0 Å². The lowest BCUT2D eigenvalue weighted by atomic mass is 9.89. The predicted octanol–water partition coefficient (Wildman–Crippen LogP) is 1.69. The van der Waals surface area contributed by atoms with Gasteiger partial charge in [-0.1, -0.05) is 0 Å². The molecule has 4 heteroatoms. The van der Waals surface area contributed by atoms with Gasteiger partial charge >= 0.3 is 0 Å². The second kappa shape index (κ2) is 6.25. The summed E-state index contributed by atoms with van der Waals surface area (Å²) in [7, 11) is 1.69. The third kappa shape index (κ3) is 3.46. The van der Waals surface area contributed by atoms with E-state index in [1.54, 1.807) is 7.11 Å². The molecule has 1 aliphatic carbocycles. The summed E-state index contributed by atoms with van der Waals surface area (Å²) in [5, 5.41) is 2.97. The highest BCUT2D eigenvalue weighted by molar-refractivity contribution is 6.17. The Hall–Kier alpha value is -0.280. The van der Waals surface area contributed by atoms with E-state index in [1.165, 1.54) is 0 Å². The van der Waals surface area contributed by atoms with Crippen molar-refractivity contribution in [3.05, 3.63) is 0 Å². The minimum Gasteiger partial charge on any atom is -0.379 e. The predicted molar refractivity (Wildman–Crippen MR) is 56.5 cm³/mol. The number of rotatable bonds is 6. The van der Waals surface area contributed by atoms with E-state index in [2.05, 4.69) is 5.32 Å². The summed E-state index contributed by atoms with van der Waals surface area (Å²) in [6.45, 7) is 0. The first-order valence-electron chi connectivity index (χ1n) is 5.16. The number of hydrogen-bond acceptors (Lipinski definition) is 2. The summed E-state index contributed by atoms with van der Waals surface area (Å²) in [6.07, 6.45) is 4.70. The SMILES string of the molecule is COC1CCC1NC(=O)CCCCCl. The van der Waals surface area contributed by atoms with Gasteiger partial charge in [-0.05, 0) is 25.7 Å². The second-order valence-electron chi connectivity index (χ2n) is 3.67. The quantitative estimate of drug-likeness (QED) is 0.546. The zero-order valence-corrected chi connectivity index (χ0v) is 9.35. The van der Waals surface area contributed by atoms with Crippen molar-refractivity contribution < 1.29 is 9.53 Å². The monoisotopic (exact) mass is 219 g/mol. The highest BCUT2D eigenvalue weighted by Gasteiger charge is 2.31. The van der Waals surface area contributed by atoms with Crippen LogP contribution in [0.25, 0.3) is 0 Å². The van der Waals surface area contributed by atoms with E-state index in [-0.39, 0.29) is 18.1 Å². The molecule has 2 atom stereocenters. The van der Waals surface area contributed by atoms with Crippen molar-refractivity contribution >= 4 is 17.5 Å². The lowest BCUT2D eigenvalue weighted by molar-refractivity contribution is -0.124. The summed E-state index contributed by atoms with van der Waals surface area (Å²) >= 11 is 5.52. The summed E-state index contributed by atoms with van der Waals surface area (Å²) in [5.41, 5.74) is 0. The van der Waals surface area contributed by atoms with E-state index < -0.39 is 0 Å². The normalized spacial score (nSPS) is 25.6. The molecule has 1 rings (SSSR count). The molecule has 0 radical (unpaired) electrons. The zero-order valence-electron chi connectivity index (χ0n) is 8.59. The Kier molecular flexibility index (Phi) is 5.26. The van der Waals surface area contributed by atoms with Crippen molar-refractivity contribution in [3.8, 4) is 0 Å². The maximum Gasteiger partial charge on any atom is 0.220 e. The van der Waals surface area contributed by atoms with Crippen LogP contribution in [0.5, 0.6) is 0 Å². The number of alkyl halides is 1. The third-order valence-electron chi connectivity index (χ3n) is 2.65. The Morgan fingerprint density at radius 3 is 2.79 bits per heavy atom. The minimum absolute atomic E-state index is 0.127. The van der Waals surface area contributed by atoms with E-state index in [9.17, 15) is 4.79 Å². The maximum absolute atomic E-state index is 11.4. The van der Waals surface area contributed by atoms with Crippen LogP contribution in [0.2, 0.25) is 0 Å². The number of nitrogens with one attached hydrogen (secondary N) is 1. The fraction of sp³-hybridized carbons (Fsp3) is 0.900. The molecule has 0 heterocycles. The van der Waals surface area contributed by atoms with Crippen molar-refractivity contribution in [2.45, 2.75) is 44.2 Å². The third-order valence-corrected chi connectivity index (χ3v) is 2.91. The molecule has 0 aliphatic heterocycles. The largest absolute Gasteiger partial charge is 0.379 e. The lowest BCUT2D eigenvalue weighted by Gasteiger charge is -2.35. The number of halogens is 1. The Labute approximate surface area is 90.1 Å². The van der Waals surface area contributed by atoms with Gasteiger partial charge in [0.15, 0.2) is 0 Å². The molecular weight excluding hydrogens is 202 g/mol. The molecule has 1 amide bonds. The van der Waals surface area contributed by atoms with Gasteiger partial charge in [0.05, 0.1) is 12.1 Å². The van der Waals surface area contributed by atoms with Gasteiger partial charge in [-0.3, -0.25) is 4.79 Å². The molecule has 14 heavy (non-hydrogen) atoms. The Morgan fingerprint density at radius 2 is 2.29 bits per heavy atom. The summed E-state index contributed by atoms with van der Waals surface area (Å²) in [6, 6.07) is 0.239. The number of carbonyl (C=O) groups is 1. The van der Waals surface area contributed by atoms with Crippen LogP contribution in [0.3, 0.4) is 0 Å². The zero-order chi connectivity index (χ0) is 10.4. The van der Waals surface area contributed by atoms with Crippen LogP contribution in [0.1, 0.15) is 32.1 Å². The molecule has 1 fully saturated rings. The first kappa shape index (κ1) is 11.8. The summed E-state index contributed by atoms with van der Waals surface area (Å²) < 4.78 is 5.19. The number of ether oxygens (including phenoxy) is 1. The molecule has 3 nitrogen and oxygen atoms in total. The average molecular weight is 220 g/mol. The van der Waals surface area contributed by atoms with Crippen LogP contribution in [0, 0.1) is 0 Å². The smallest absolute Gasteiger partial charge is 0.220 e. The van der Waals surface area contributed by atoms with Gasteiger partial charge in [0.1, 0.15) is 0 Å². The Balaban J connectivity index is 2.08. The van der Waals surface area contributed by atoms with Crippen LogP contribution in [-0.4, -0.2) is 31.0 Å². The number of carbonyl (C=O) groups excluding carboxylic acids is 1. The van der Waals surface area contributed by atoms with E-state index in [0.717, 1.165) is 25.7 Å². The van der Waals surface area contributed by atoms with E-state index in [4.69, 9.17) is 16.3 Å². The molecule has 1 saturated carbocycles.